The van der Waals surface area contributed by atoms with Crippen molar-refractivity contribution in [2.45, 2.75) is 18.9 Å². The van der Waals surface area contributed by atoms with Crippen molar-refractivity contribution in [2.75, 3.05) is 31.4 Å². The first kappa shape index (κ1) is 16.4. The third-order valence-corrected chi connectivity index (χ3v) is 3.42. The molecular weight excluding hydrogens is 262 g/mol. The van der Waals surface area contributed by atoms with Gasteiger partial charge >= 0.3 is 0 Å². The van der Waals surface area contributed by atoms with Crippen LogP contribution >= 0.6 is 33.5 Å². The van der Waals surface area contributed by atoms with Gasteiger partial charge in [0.15, 0.2) is 0 Å². The standard InChI is InChI=1S/C9H23N3OS3/c1-16(2,15)12-5-3-4-8(10)9(13)11-6-7-14/h8,12,14-15H,3-7,10H2,1-2H3,(H,11,13). The Morgan fingerprint density at radius 1 is 1.44 bits per heavy atom. The maximum Gasteiger partial charge on any atom is 0.236 e. The number of carbonyl (C=O) groups is 1. The molecule has 0 aliphatic heterocycles. The molecule has 0 bridgehead atoms. The van der Waals surface area contributed by atoms with Crippen LogP contribution < -0.4 is 15.8 Å². The van der Waals surface area contributed by atoms with Gasteiger partial charge in [0.05, 0.1) is 6.04 Å². The van der Waals surface area contributed by atoms with Crippen LogP contribution in [0.5, 0.6) is 0 Å². The summed E-state index contributed by atoms with van der Waals surface area (Å²) in [6.07, 6.45) is 5.70. The van der Waals surface area contributed by atoms with Crippen molar-refractivity contribution in [2.24, 2.45) is 5.73 Å². The zero-order valence-electron chi connectivity index (χ0n) is 9.90. The number of hydrogen-bond donors (Lipinski definition) is 5. The summed E-state index contributed by atoms with van der Waals surface area (Å²) in [6.45, 7) is 1.42. The molecule has 0 fully saturated rings. The van der Waals surface area contributed by atoms with Crippen LogP contribution in [0.3, 0.4) is 0 Å². The number of amides is 1. The molecule has 0 saturated carbocycles. The molecule has 98 valence electrons. The fourth-order valence-electron chi connectivity index (χ4n) is 1.09. The van der Waals surface area contributed by atoms with Crippen LogP contribution in [0.1, 0.15) is 12.8 Å². The van der Waals surface area contributed by atoms with Crippen molar-refractivity contribution in [3.05, 3.63) is 0 Å². The molecule has 0 saturated heterocycles. The first-order valence-electron chi connectivity index (χ1n) is 5.21. The molecule has 0 aliphatic rings. The van der Waals surface area contributed by atoms with Crippen LogP contribution in [0, 0.1) is 0 Å². The zero-order chi connectivity index (χ0) is 12.6. The number of hydrogen-bond acceptors (Lipinski definition) is 5. The van der Waals surface area contributed by atoms with Gasteiger partial charge in [-0.25, -0.2) is 0 Å². The van der Waals surface area contributed by atoms with Crippen LogP contribution in [-0.4, -0.2) is 43.3 Å². The number of nitrogens with one attached hydrogen (secondary N) is 2. The molecule has 0 heterocycles. The van der Waals surface area contributed by atoms with Crippen LogP contribution in [0.15, 0.2) is 0 Å². The molecule has 0 aliphatic carbocycles. The summed E-state index contributed by atoms with van der Waals surface area (Å²) in [5, 5.41) is 2.72. The predicted octanol–water partition coefficient (Wildman–Crippen LogP) is 0.553. The normalized spacial score (nSPS) is 14.6. The topological polar surface area (TPSA) is 67.1 Å². The first-order valence-corrected chi connectivity index (χ1v) is 9.35. The van der Waals surface area contributed by atoms with E-state index in [0.29, 0.717) is 18.7 Å². The van der Waals surface area contributed by atoms with Gasteiger partial charge in [-0.2, -0.15) is 12.6 Å². The van der Waals surface area contributed by atoms with Crippen molar-refractivity contribution in [1.29, 1.82) is 0 Å². The third kappa shape index (κ3) is 9.65. The van der Waals surface area contributed by atoms with E-state index in [1.807, 2.05) is 0 Å². The lowest BCUT2D eigenvalue weighted by molar-refractivity contribution is -0.122. The van der Waals surface area contributed by atoms with Crippen molar-refractivity contribution in [1.82, 2.24) is 10.0 Å². The van der Waals surface area contributed by atoms with Crippen LogP contribution in [0.25, 0.3) is 0 Å². The van der Waals surface area contributed by atoms with Crippen molar-refractivity contribution in [3.63, 3.8) is 0 Å². The SMILES string of the molecule is CS(C)(S)NCCCC(N)C(=O)NCCS. The number of rotatable bonds is 8. The Balaban J connectivity index is 3.57. The van der Waals surface area contributed by atoms with E-state index in [4.69, 9.17) is 5.73 Å². The summed E-state index contributed by atoms with van der Waals surface area (Å²) in [7, 11) is -0.964. The molecule has 1 amide bonds. The van der Waals surface area contributed by atoms with Gasteiger partial charge in [-0.15, -0.1) is 20.9 Å². The molecule has 1 atom stereocenters. The molecule has 16 heavy (non-hydrogen) atoms. The summed E-state index contributed by atoms with van der Waals surface area (Å²) in [5.41, 5.74) is 5.73. The highest BCUT2D eigenvalue weighted by Gasteiger charge is 2.12. The molecule has 0 spiro atoms. The molecule has 0 radical (unpaired) electrons. The second-order valence-corrected chi connectivity index (χ2v) is 9.95. The van der Waals surface area contributed by atoms with E-state index in [1.165, 1.54) is 0 Å². The lowest BCUT2D eigenvalue weighted by Crippen LogP contribution is -2.41. The van der Waals surface area contributed by atoms with Crippen molar-refractivity contribution < 1.29 is 4.79 Å². The monoisotopic (exact) mass is 285 g/mol. The highest BCUT2D eigenvalue weighted by molar-refractivity contribution is 8.86. The fourth-order valence-corrected chi connectivity index (χ4v) is 2.11. The van der Waals surface area contributed by atoms with E-state index < -0.39 is 15.3 Å². The molecule has 1 unspecified atom stereocenters. The zero-order valence-corrected chi connectivity index (χ0v) is 12.5. The van der Waals surface area contributed by atoms with E-state index in [-0.39, 0.29) is 5.91 Å². The van der Waals surface area contributed by atoms with Crippen LogP contribution in [0.4, 0.5) is 0 Å². The number of nitrogens with two attached hydrogens (primary N) is 1. The van der Waals surface area contributed by atoms with Gasteiger partial charge in [-0.05, 0) is 25.4 Å². The molecule has 0 aromatic rings. The molecule has 0 rings (SSSR count). The number of thiol groups is 2. The van der Waals surface area contributed by atoms with E-state index in [1.54, 1.807) is 0 Å². The van der Waals surface area contributed by atoms with Gasteiger partial charge in [0.25, 0.3) is 0 Å². The summed E-state index contributed by atoms with van der Waals surface area (Å²) >= 11 is 8.43. The second-order valence-electron chi connectivity index (χ2n) is 3.93. The lowest BCUT2D eigenvalue weighted by Gasteiger charge is -2.25. The summed E-state index contributed by atoms with van der Waals surface area (Å²) < 4.78 is 3.31. The molecule has 4 nitrogen and oxygen atoms in total. The summed E-state index contributed by atoms with van der Waals surface area (Å²) in [6, 6.07) is -0.417. The highest BCUT2D eigenvalue weighted by atomic mass is 33.1. The molecule has 0 aromatic heterocycles. The molecule has 4 N–H and O–H groups in total. The van der Waals surface area contributed by atoms with E-state index in [2.05, 4.69) is 46.8 Å². The Kier molecular flexibility index (Phi) is 8.75. The molecular formula is C9H23N3OS3. The van der Waals surface area contributed by atoms with Crippen LogP contribution in [0.2, 0.25) is 0 Å². The average molecular weight is 286 g/mol. The maximum atomic E-state index is 11.4. The van der Waals surface area contributed by atoms with Gasteiger partial charge in [-0.1, -0.05) is 0 Å². The smallest absolute Gasteiger partial charge is 0.236 e. The quantitative estimate of drug-likeness (QED) is 0.257. The minimum absolute atomic E-state index is 0.0912. The number of carbonyl (C=O) groups excluding carboxylic acids is 1. The maximum absolute atomic E-state index is 11.4. The van der Waals surface area contributed by atoms with Crippen molar-refractivity contribution >= 4 is 39.4 Å². The van der Waals surface area contributed by atoms with E-state index in [9.17, 15) is 4.79 Å². The highest BCUT2D eigenvalue weighted by Crippen LogP contribution is 2.39. The van der Waals surface area contributed by atoms with Gasteiger partial charge in [-0.3, -0.25) is 9.52 Å². The lowest BCUT2D eigenvalue weighted by atomic mass is 10.1. The second kappa shape index (κ2) is 8.52. The van der Waals surface area contributed by atoms with E-state index in [0.717, 1.165) is 13.0 Å². The average Bonchev–Trinajstić information content (AvgIpc) is 2.19. The summed E-state index contributed by atoms with van der Waals surface area (Å²) in [5.74, 6) is 0.545. The minimum Gasteiger partial charge on any atom is -0.354 e. The van der Waals surface area contributed by atoms with Crippen LogP contribution in [-0.2, 0) is 4.79 Å². The Morgan fingerprint density at radius 3 is 2.56 bits per heavy atom. The summed E-state index contributed by atoms with van der Waals surface area (Å²) in [4.78, 5) is 11.4. The van der Waals surface area contributed by atoms with Gasteiger partial charge in [0.1, 0.15) is 0 Å². The van der Waals surface area contributed by atoms with Gasteiger partial charge in [0.2, 0.25) is 5.91 Å². The first-order chi connectivity index (χ1) is 7.37. The van der Waals surface area contributed by atoms with E-state index >= 15 is 0 Å². The molecule has 7 heteroatoms. The molecule has 0 aromatic carbocycles. The Labute approximate surface area is 110 Å². The minimum atomic E-state index is -0.964. The van der Waals surface area contributed by atoms with Gasteiger partial charge < -0.3 is 11.1 Å². The predicted molar refractivity (Wildman–Crippen MR) is 80.5 cm³/mol. The fraction of sp³-hybridized carbons (Fsp3) is 0.889. The Hall–Kier alpha value is 0.440. The Bertz CT molecular complexity index is 209. The van der Waals surface area contributed by atoms with Gasteiger partial charge in [0, 0.05) is 18.8 Å². The largest absolute Gasteiger partial charge is 0.354 e. The Morgan fingerprint density at radius 2 is 2.06 bits per heavy atom. The van der Waals surface area contributed by atoms with Crippen molar-refractivity contribution in [3.8, 4) is 0 Å². The third-order valence-electron chi connectivity index (χ3n) is 1.89.